The van der Waals surface area contributed by atoms with E-state index in [1.54, 1.807) is 14.2 Å². The molecule has 1 aliphatic rings. The van der Waals surface area contributed by atoms with Gasteiger partial charge in [0.2, 0.25) is 0 Å². The highest BCUT2D eigenvalue weighted by atomic mass is 16.5. The van der Waals surface area contributed by atoms with Gasteiger partial charge >= 0.3 is 0 Å². The molecule has 1 atom stereocenters. The van der Waals surface area contributed by atoms with Gasteiger partial charge in [0.05, 0.1) is 20.3 Å². The molecule has 134 valence electrons. The van der Waals surface area contributed by atoms with E-state index in [-0.39, 0.29) is 0 Å². The molecular weight excluding hydrogens is 306 g/mol. The van der Waals surface area contributed by atoms with E-state index in [0.29, 0.717) is 5.92 Å². The quantitative estimate of drug-likeness (QED) is 0.409. The van der Waals surface area contributed by atoms with Crippen LogP contribution >= 0.6 is 0 Å². The molecule has 1 heterocycles. The van der Waals surface area contributed by atoms with Crippen molar-refractivity contribution in [1.29, 1.82) is 0 Å². The molecule has 1 aromatic carbocycles. The standard InChI is InChI=1S/C18H29N3O3/c1-19-18(21-12-15-4-6-17(22-2)7-5-15)20-9-3-10-23-13-16-8-11-24-14-16/h4-7,16H,3,8-14H2,1-2H3,(H2,19,20,21). The minimum atomic E-state index is 0.580. The lowest BCUT2D eigenvalue weighted by Crippen LogP contribution is -2.37. The second kappa shape index (κ2) is 10.9. The number of hydrogen-bond acceptors (Lipinski definition) is 4. The Labute approximate surface area is 144 Å². The second-order valence-corrected chi connectivity index (χ2v) is 5.86. The molecule has 0 aliphatic carbocycles. The van der Waals surface area contributed by atoms with Gasteiger partial charge in [-0.2, -0.15) is 0 Å². The van der Waals surface area contributed by atoms with Crippen molar-refractivity contribution >= 4 is 5.96 Å². The van der Waals surface area contributed by atoms with Gasteiger partial charge in [-0.05, 0) is 30.5 Å². The third-order valence-electron chi connectivity index (χ3n) is 3.98. The first-order valence-corrected chi connectivity index (χ1v) is 8.54. The van der Waals surface area contributed by atoms with E-state index in [4.69, 9.17) is 14.2 Å². The summed E-state index contributed by atoms with van der Waals surface area (Å²) in [6.07, 6.45) is 2.08. The highest BCUT2D eigenvalue weighted by Gasteiger charge is 2.15. The minimum absolute atomic E-state index is 0.580. The molecule has 1 saturated heterocycles. The molecule has 1 fully saturated rings. The number of hydrogen-bond donors (Lipinski definition) is 2. The van der Waals surface area contributed by atoms with Crippen LogP contribution in [0.3, 0.4) is 0 Å². The lowest BCUT2D eigenvalue weighted by atomic mass is 10.1. The zero-order chi connectivity index (χ0) is 17.0. The average Bonchev–Trinajstić information content (AvgIpc) is 3.14. The number of rotatable bonds is 9. The van der Waals surface area contributed by atoms with Gasteiger partial charge in [0.25, 0.3) is 0 Å². The van der Waals surface area contributed by atoms with Crippen LogP contribution in [0.1, 0.15) is 18.4 Å². The normalized spacial score (nSPS) is 17.8. The largest absolute Gasteiger partial charge is 0.497 e. The monoisotopic (exact) mass is 335 g/mol. The van der Waals surface area contributed by atoms with E-state index in [0.717, 1.165) is 64.1 Å². The van der Waals surface area contributed by atoms with Crippen molar-refractivity contribution in [1.82, 2.24) is 10.6 Å². The molecule has 24 heavy (non-hydrogen) atoms. The molecule has 6 nitrogen and oxygen atoms in total. The van der Waals surface area contributed by atoms with Crippen molar-refractivity contribution in [3.63, 3.8) is 0 Å². The maximum absolute atomic E-state index is 5.69. The van der Waals surface area contributed by atoms with E-state index in [2.05, 4.69) is 15.6 Å². The molecule has 1 aliphatic heterocycles. The Morgan fingerprint density at radius 2 is 2.12 bits per heavy atom. The topological polar surface area (TPSA) is 64.1 Å². The lowest BCUT2D eigenvalue weighted by Gasteiger charge is -2.13. The Hall–Kier alpha value is -1.79. The predicted molar refractivity (Wildman–Crippen MR) is 95.6 cm³/mol. The smallest absolute Gasteiger partial charge is 0.191 e. The van der Waals surface area contributed by atoms with Crippen molar-refractivity contribution < 1.29 is 14.2 Å². The summed E-state index contributed by atoms with van der Waals surface area (Å²) >= 11 is 0. The van der Waals surface area contributed by atoms with Crippen LogP contribution in [0, 0.1) is 5.92 Å². The van der Waals surface area contributed by atoms with Gasteiger partial charge in [-0.3, -0.25) is 4.99 Å². The zero-order valence-electron chi connectivity index (χ0n) is 14.7. The van der Waals surface area contributed by atoms with Gasteiger partial charge in [-0.1, -0.05) is 12.1 Å². The van der Waals surface area contributed by atoms with E-state index in [1.807, 2.05) is 24.3 Å². The van der Waals surface area contributed by atoms with Gasteiger partial charge in [-0.15, -0.1) is 0 Å². The summed E-state index contributed by atoms with van der Waals surface area (Å²) in [6, 6.07) is 8.00. The fourth-order valence-electron chi connectivity index (χ4n) is 2.50. The van der Waals surface area contributed by atoms with Gasteiger partial charge < -0.3 is 24.8 Å². The van der Waals surface area contributed by atoms with E-state index in [1.165, 1.54) is 5.56 Å². The Morgan fingerprint density at radius 3 is 2.79 bits per heavy atom. The predicted octanol–water partition coefficient (Wildman–Crippen LogP) is 1.80. The van der Waals surface area contributed by atoms with Crippen molar-refractivity contribution in [2.45, 2.75) is 19.4 Å². The molecule has 0 saturated carbocycles. The summed E-state index contributed by atoms with van der Waals surface area (Å²) in [5.74, 6) is 2.25. The van der Waals surface area contributed by atoms with Crippen LogP contribution in [0.4, 0.5) is 0 Å². The Morgan fingerprint density at radius 1 is 1.29 bits per heavy atom. The number of aliphatic imine (C=N–C) groups is 1. The third-order valence-corrected chi connectivity index (χ3v) is 3.98. The number of methoxy groups -OCH3 is 1. The van der Waals surface area contributed by atoms with E-state index in [9.17, 15) is 0 Å². The Kier molecular flexibility index (Phi) is 8.41. The Balaban J connectivity index is 1.54. The molecule has 2 N–H and O–H groups in total. The van der Waals surface area contributed by atoms with Crippen LogP contribution in [0.5, 0.6) is 5.75 Å². The van der Waals surface area contributed by atoms with Crippen LogP contribution in [-0.2, 0) is 16.0 Å². The first-order valence-electron chi connectivity index (χ1n) is 8.54. The maximum atomic E-state index is 5.69. The molecule has 0 aromatic heterocycles. The van der Waals surface area contributed by atoms with Crippen LogP contribution in [0.25, 0.3) is 0 Å². The van der Waals surface area contributed by atoms with Crippen molar-refractivity contribution in [2.75, 3.05) is 47.1 Å². The maximum Gasteiger partial charge on any atom is 0.191 e. The van der Waals surface area contributed by atoms with E-state index >= 15 is 0 Å². The average molecular weight is 335 g/mol. The molecular formula is C18H29N3O3. The summed E-state index contributed by atoms with van der Waals surface area (Å²) in [5.41, 5.74) is 1.18. The molecule has 1 unspecified atom stereocenters. The molecule has 6 heteroatoms. The van der Waals surface area contributed by atoms with Crippen LogP contribution in [0.15, 0.2) is 29.3 Å². The highest BCUT2D eigenvalue weighted by molar-refractivity contribution is 5.79. The highest BCUT2D eigenvalue weighted by Crippen LogP contribution is 2.12. The van der Waals surface area contributed by atoms with Gasteiger partial charge in [0.15, 0.2) is 5.96 Å². The summed E-state index contributed by atoms with van der Waals surface area (Å²) in [5, 5.41) is 6.60. The Bertz CT molecular complexity index is 485. The molecule has 0 amide bonds. The van der Waals surface area contributed by atoms with E-state index < -0.39 is 0 Å². The first-order chi connectivity index (χ1) is 11.8. The van der Waals surface area contributed by atoms with Crippen LogP contribution in [0.2, 0.25) is 0 Å². The number of nitrogens with one attached hydrogen (secondary N) is 2. The fraction of sp³-hybridized carbons (Fsp3) is 0.611. The van der Waals surface area contributed by atoms with Gasteiger partial charge in [0.1, 0.15) is 5.75 Å². The number of nitrogens with zero attached hydrogens (tertiary/aromatic N) is 1. The summed E-state index contributed by atoms with van der Waals surface area (Å²) in [6.45, 7) is 4.86. The summed E-state index contributed by atoms with van der Waals surface area (Å²) in [4.78, 5) is 4.23. The zero-order valence-corrected chi connectivity index (χ0v) is 14.7. The van der Waals surface area contributed by atoms with Crippen molar-refractivity contribution in [3.05, 3.63) is 29.8 Å². The SMILES string of the molecule is CN=C(NCCCOCC1CCOC1)NCc1ccc(OC)cc1. The first kappa shape index (κ1) is 18.5. The third kappa shape index (κ3) is 6.76. The second-order valence-electron chi connectivity index (χ2n) is 5.86. The summed E-state index contributed by atoms with van der Waals surface area (Å²) in [7, 11) is 3.45. The van der Waals surface area contributed by atoms with Crippen molar-refractivity contribution in [3.8, 4) is 5.75 Å². The number of benzene rings is 1. The number of guanidine groups is 1. The van der Waals surface area contributed by atoms with Gasteiger partial charge in [-0.25, -0.2) is 0 Å². The molecule has 0 radical (unpaired) electrons. The summed E-state index contributed by atoms with van der Waals surface area (Å²) < 4.78 is 16.2. The molecule has 2 rings (SSSR count). The minimum Gasteiger partial charge on any atom is -0.497 e. The number of ether oxygens (including phenoxy) is 3. The fourth-order valence-corrected chi connectivity index (χ4v) is 2.50. The van der Waals surface area contributed by atoms with Crippen LogP contribution < -0.4 is 15.4 Å². The molecule has 0 spiro atoms. The lowest BCUT2D eigenvalue weighted by molar-refractivity contribution is 0.0888. The van der Waals surface area contributed by atoms with Crippen molar-refractivity contribution in [2.24, 2.45) is 10.9 Å². The molecule has 1 aromatic rings. The molecule has 0 bridgehead atoms. The van der Waals surface area contributed by atoms with Gasteiger partial charge in [0, 0.05) is 39.3 Å². The van der Waals surface area contributed by atoms with Crippen LogP contribution in [-0.4, -0.2) is 53.1 Å².